The highest BCUT2D eigenvalue weighted by Crippen LogP contribution is 2.18. The molecule has 0 aliphatic heterocycles. The minimum absolute atomic E-state index is 0.112. The molecule has 0 bridgehead atoms. The first kappa shape index (κ1) is 12.2. The van der Waals surface area contributed by atoms with Crippen molar-refractivity contribution in [1.82, 2.24) is 25.2 Å². The van der Waals surface area contributed by atoms with E-state index in [9.17, 15) is 4.79 Å². The van der Waals surface area contributed by atoms with Crippen molar-refractivity contribution in [2.75, 3.05) is 17.7 Å². The van der Waals surface area contributed by atoms with E-state index in [1.54, 1.807) is 14.1 Å². The van der Waals surface area contributed by atoms with Crippen molar-refractivity contribution < 1.29 is 4.79 Å². The molecule has 1 amide bonds. The average Bonchev–Trinajstić information content (AvgIpc) is 2.75. The smallest absolute Gasteiger partial charge is 0.270 e. The number of aromatic nitrogens is 5. The Morgan fingerprint density at radius 2 is 2.28 bits per heavy atom. The molecule has 2 rings (SSSR count). The van der Waals surface area contributed by atoms with E-state index in [0.29, 0.717) is 5.82 Å². The number of amides is 1. The summed E-state index contributed by atoms with van der Waals surface area (Å²) >= 11 is 5.91. The van der Waals surface area contributed by atoms with Crippen molar-refractivity contribution in [2.45, 2.75) is 0 Å². The normalized spacial score (nSPS) is 10.2. The predicted molar refractivity (Wildman–Crippen MR) is 65.5 cm³/mol. The van der Waals surface area contributed by atoms with Gasteiger partial charge in [-0.05, 0) is 11.3 Å². The molecule has 0 unspecified atom stereocenters. The molecule has 0 spiro atoms. The molecule has 94 valence electrons. The van der Waals surface area contributed by atoms with Crippen molar-refractivity contribution >= 4 is 29.3 Å². The Balaban J connectivity index is 2.23. The third-order valence-electron chi connectivity index (χ3n) is 2.09. The van der Waals surface area contributed by atoms with Gasteiger partial charge in [-0.15, -0.1) is 5.10 Å². The van der Waals surface area contributed by atoms with Crippen molar-refractivity contribution in [2.24, 2.45) is 7.05 Å². The lowest BCUT2D eigenvalue weighted by Gasteiger charge is -2.05. The van der Waals surface area contributed by atoms with Gasteiger partial charge in [0.2, 0.25) is 0 Å². The van der Waals surface area contributed by atoms with E-state index >= 15 is 0 Å². The van der Waals surface area contributed by atoms with Crippen LogP contribution in [-0.2, 0) is 7.05 Å². The zero-order valence-corrected chi connectivity index (χ0v) is 10.4. The number of hydrogen-bond donors (Lipinski definition) is 2. The van der Waals surface area contributed by atoms with E-state index in [2.05, 4.69) is 31.0 Å². The molecule has 0 radical (unpaired) electrons. The maximum atomic E-state index is 11.9. The lowest BCUT2D eigenvalue weighted by atomic mass is 10.2. The quantitative estimate of drug-likeness (QED) is 0.843. The van der Waals surface area contributed by atoms with Crippen LogP contribution in [-0.4, -0.2) is 38.1 Å². The molecule has 0 saturated carbocycles. The number of nitrogens with zero attached hydrogens (tertiary/aromatic N) is 5. The standard InChI is InChI=1S/C9H10ClN7O/c1-11-7-3-5(6(10)4-12-7)8(18)13-9-14-16-17(2)15-9/h3-4H,1-2H3,(H,11,12)(H,13,15,18). The van der Waals surface area contributed by atoms with Gasteiger partial charge in [0.25, 0.3) is 11.9 Å². The van der Waals surface area contributed by atoms with Crippen LogP contribution in [0.2, 0.25) is 5.02 Å². The molecule has 2 N–H and O–H groups in total. The van der Waals surface area contributed by atoms with Gasteiger partial charge in [0, 0.05) is 13.2 Å². The van der Waals surface area contributed by atoms with Gasteiger partial charge in [-0.3, -0.25) is 10.1 Å². The van der Waals surface area contributed by atoms with E-state index in [1.807, 2.05) is 0 Å². The van der Waals surface area contributed by atoms with Gasteiger partial charge < -0.3 is 5.32 Å². The Morgan fingerprint density at radius 3 is 2.89 bits per heavy atom. The Hall–Kier alpha value is -2.22. The molecular formula is C9H10ClN7O. The maximum Gasteiger partial charge on any atom is 0.270 e. The summed E-state index contributed by atoms with van der Waals surface area (Å²) < 4.78 is 0. The molecule has 2 aromatic rings. The van der Waals surface area contributed by atoms with Gasteiger partial charge in [-0.2, -0.15) is 4.80 Å². The summed E-state index contributed by atoms with van der Waals surface area (Å²) in [5.74, 6) is 0.227. The number of tetrazole rings is 1. The summed E-state index contributed by atoms with van der Waals surface area (Å²) in [7, 11) is 3.29. The van der Waals surface area contributed by atoms with Gasteiger partial charge in [0.15, 0.2) is 0 Å². The van der Waals surface area contributed by atoms with E-state index < -0.39 is 5.91 Å². The van der Waals surface area contributed by atoms with E-state index in [0.717, 1.165) is 0 Å². The summed E-state index contributed by atoms with van der Waals surface area (Å²) in [5, 5.41) is 16.6. The maximum absolute atomic E-state index is 11.9. The predicted octanol–water partition coefficient (Wildman–Crippen LogP) is 0.552. The SMILES string of the molecule is CNc1cc(C(=O)Nc2nnn(C)n2)c(Cl)cn1. The first-order valence-electron chi connectivity index (χ1n) is 4.99. The number of halogens is 1. The van der Waals surface area contributed by atoms with Crippen LogP contribution in [0.3, 0.4) is 0 Å². The zero-order chi connectivity index (χ0) is 13.1. The van der Waals surface area contributed by atoms with Crippen LogP contribution in [0.4, 0.5) is 11.8 Å². The molecule has 0 aliphatic rings. The van der Waals surface area contributed by atoms with Crippen LogP contribution in [0.25, 0.3) is 0 Å². The number of nitrogens with one attached hydrogen (secondary N) is 2. The molecule has 8 nitrogen and oxygen atoms in total. The fourth-order valence-electron chi connectivity index (χ4n) is 1.25. The summed E-state index contributed by atoms with van der Waals surface area (Å²) in [5.41, 5.74) is 0.281. The van der Waals surface area contributed by atoms with Crippen LogP contribution in [0.1, 0.15) is 10.4 Å². The second kappa shape index (κ2) is 4.96. The third-order valence-corrected chi connectivity index (χ3v) is 2.39. The second-order valence-corrected chi connectivity index (χ2v) is 3.76. The number of carbonyl (C=O) groups is 1. The van der Waals surface area contributed by atoms with Crippen molar-refractivity contribution in [3.8, 4) is 0 Å². The lowest BCUT2D eigenvalue weighted by molar-refractivity contribution is 0.102. The monoisotopic (exact) mass is 267 g/mol. The number of anilines is 2. The zero-order valence-electron chi connectivity index (χ0n) is 9.68. The highest BCUT2D eigenvalue weighted by molar-refractivity contribution is 6.34. The molecule has 2 aromatic heterocycles. The minimum Gasteiger partial charge on any atom is -0.373 e. The Labute approximate surface area is 107 Å². The Kier molecular flexibility index (Phi) is 3.38. The minimum atomic E-state index is -0.424. The van der Waals surface area contributed by atoms with Crippen LogP contribution in [0.15, 0.2) is 12.3 Å². The van der Waals surface area contributed by atoms with Crippen molar-refractivity contribution in [3.05, 3.63) is 22.8 Å². The molecule has 18 heavy (non-hydrogen) atoms. The molecule has 0 atom stereocenters. The van der Waals surface area contributed by atoms with Gasteiger partial charge in [-0.25, -0.2) is 4.98 Å². The van der Waals surface area contributed by atoms with Gasteiger partial charge >= 0.3 is 0 Å². The molecule has 2 heterocycles. The van der Waals surface area contributed by atoms with Crippen LogP contribution in [0, 0.1) is 0 Å². The molecule has 0 aliphatic carbocycles. The molecule has 0 saturated heterocycles. The van der Waals surface area contributed by atoms with Crippen LogP contribution < -0.4 is 10.6 Å². The first-order chi connectivity index (χ1) is 8.60. The van der Waals surface area contributed by atoms with Gasteiger partial charge in [-0.1, -0.05) is 16.7 Å². The Morgan fingerprint density at radius 1 is 1.50 bits per heavy atom. The van der Waals surface area contributed by atoms with E-state index in [-0.39, 0.29) is 16.5 Å². The largest absolute Gasteiger partial charge is 0.373 e. The number of pyridine rings is 1. The number of rotatable bonds is 3. The van der Waals surface area contributed by atoms with E-state index in [4.69, 9.17) is 11.6 Å². The van der Waals surface area contributed by atoms with Crippen LogP contribution in [0.5, 0.6) is 0 Å². The highest BCUT2D eigenvalue weighted by Gasteiger charge is 2.14. The molecule has 0 aromatic carbocycles. The van der Waals surface area contributed by atoms with Crippen molar-refractivity contribution in [1.29, 1.82) is 0 Å². The highest BCUT2D eigenvalue weighted by atomic mass is 35.5. The number of carbonyl (C=O) groups excluding carboxylic acids is 1. The Bertz CT molecular complexity index is 582. The van der Waals surface area contributed by atoms with Crippen molar-refractivity contribution in [3.63, 3.8) is 0 Å². The fraction of sp³-hybridized carbons (Fsp3) is 0.222. The molecule has 0 fully saturated rings. The third kappa shape index (κ3) is 2.54. The number of hydrogen-bond acceptors (Lipinski definition) is 6. The first-order valence-corrected chi connectivity index (χ1v) is 5.36. The summed E-state index contributed by atoms with van der Waals surface area (Å²) in [4.78, 5) is 17.2. The second-order valence-electron chi connectivity index (χ2n) is 3.36. The van der Waals surface area contributed by atoms with Gasteiger partial charge in [0.1, 0.15) is 5.82 Å². The summed E-state index contributed by atoms with van der Waals surface area (Å²) in [6.45, 7) is 0. The summed E-state index contributed by atoms with van der Waals surface area (Å²) in [6, 6.07) is 1.54. The number of aryl methyl sites for hydroxylation is 1. The summed E-state index contributed by atoms with van der Waals surface area (Å²) in [6.07, 6.45) is 1.40. The van der Waals surface area contributed by atoms with E-state index in [1.165, 1.54) is 17.1 Å². The topological polar surface area (TPSA) is 97.6 Å². The molecular weight excluding hydrogens is 258 g/mol. The molecule has 9 heteroatoms. The lowest BCUT2D eigenvalue weighted by Crippen LogP contribution is -2.14. The average molecular weight is 268 g/mol. The van der Waals surface area contributed by atoms with Gasteiger partial charge in [0.05, 0.1) is 17.6 Å². The van der Waals surface area contributed by atoms with Crippen LogP contribution >= 0.6 is 11.6 Å². The fourth-order valence-corrected chi connectivity index (χ4v) is 1.44.